The van der Waals surface area contributed by atoms with Crippen LogP contribution in [0.1, 0.15) is 13.3 Å². The molecule has 2 N–H and O–H groups in total. The van der Waals surface area contributed by atoms with Crippen molar-refractivity contribution in [1.82, 2.24) is 5.32 Å². The summed E-state index contributed by atoms with van der Waals surface area (Å²) in [4.78, 5) is 0. The number of ether oxygens (including phenoxy) is 1. The summed E-state index contributed by atoms with van der Waals surface area (Å²) in [5.41, 5.74) is 0. The van der Waals surface area contributed by atoms with Crippen LogP contribution in [-0.2, 0) is 4.74 Å². The monoisotopic (exact) mass is 159 g/mol. The molecule has 0 spiro atoms. The molecular formula is C8H17NO2. The molecule has 3 nitrogen and oxygen atoms in total. The van der Waals surface area contributed by atoms with Crippen LogP contribution >= 0.6 is 0 Å². The van der Waals surface area contributed by atoms with Crippen LogP contribution in [-0.4, -0.2) is 37.5 Å². The molecular weight excluding hydrogens is 142 g/mol. The summed E-state index contributed by atoms with van der Waals surface area (Å²) in [5, 5.41) is 11.8. The maximum atomic E-state index is 8.56. The average Bonchev–Trinajstić information content (AvgIpc) is 2.52. The highest BCUT2D eigenvalue weighted by Crippen LogP contribution is 2.15. The quantitative estimate of drug-likeness (QED) is 0.606. The van der Waals surface area contributed by atoms with E-state index in [4.69, 9.17) is 9.84 Å². The van der Waals surface area contributed by atoms with Gasteiger partial charge in [-0.15, -0.1) is 0 Å². The normalized spacial score (nSPS) is 27.3. The first-order chi connectivity index (χ1) is 5.34. The zero-order valence-electron chi connectivity index (χ0n) is 7.05. The van der Waals surface area contributed by atoms with Crippen LogP contribution in [0, 0.1) is 5.92 Å². The lowest BCUT2D eigenvalue weighted by Gasteiger charge is -2.18. The first-order valence-electron chi connectivity index (χ1n) is 4.26. The van der Waals surface area contributed by atoms with E-state index < -0.39 is 0 Å². The molecule has 66 valence electrons. The van der Waals surface area contributed by atoms with Gasteiger partial charge in [-0.2, -0.15) is 0 Å². The Balaban J connectivity index is 2.12. The lowest BCUT2D eigenvalue weighted by Crippen LogP contribution is -2.35. The Morgan fingerprint density at radius 1 is 1.73 bits per heavy atom. The van der Waals surface area contributed by atoms with Crippen molar-refractivity contribution in [3.63, 3.8) is 0 Å². The summed E-state index contributed by atoms with van der Waals surface area (Å²) in [6, 6.07) is 0.477. The molecule has 1 rings (SSSR count). The van der Waals surface area contributed by atoms with E-state index in [-0.39, 0.29) is 6.61 Å². The van der Waals surface area contributed by atoms with Gasteiger partial charge in [-0.1, -0.05) is 0 Å². The van der Waals surface area contributed by atoms with Crippen LogP contribution in [0.25, 0.3) is 0 Å². The van der Waals surface area contributed by atoms with Gasteiger partial charge in [0.2, 0.25) is 0 Å². The third kappa shape index (κ3) is 2.77. The van der Waals surface area contributed by atoms with Crippen molar-refractivity contribution in [2.24, 2.45) is 5.92 Å². The summed E-state index contributed by atoms with van der Waals surface area (Å²) < 4.78 is 5.26. The molecule has 0 aromatic carbocycles. The minimum absolute atomic E-state index is 0.220. The number of hydrogen-bond donors (Lipinski definition) is 2. The molecule has 1 saturated heterocycles. The van der Waals surface area contributed by atoms with Gasteiger partial charge >= 0.3 is 0 Å². The predicted molar refractivity (Wildman–Crippen MR) is 43.5 cm³/mol. The maximum absolute atomic E-state index is 8.56. The third-order valence-electron chi connectivity index (χ3n) is 2.25. The molecule has 0 radical (unpaired) electrons. The van der Waals surface area contributed by atoms with Crippen LogP contribution < -0.4 is 5.32 Å². The zero-order chi connectivity index (χ0) is 8.10. The van der Waals surface area contributed by atoms with Crippen LogP contribution in [0.5, 0.6) is 0 Å². The van der Waals surface area contributed by atoms with Gasteiger partial charge in [-0.05, 0) is 19.3 Å². The van der Waals surface area contributed by atoms with Gasteiger partial charge in [0.05, 0.1) is 13.2 Å². The fourth-order valence-corrected chi connectivity index (χ4v) is 1.41. The Hall–Kier alpha value is -0.120. The molecule has 11 heavy (non-hydrogen) atoms. The van der Waals surface area contributed by atoms with Crippen LogP contribution in [0.15, 0.2) is 0 Å². The molecule has 1 heterocycles. The van der Waals surface area contributed by atoms with Gasteiger partial charge < -0.3 is 15.2 Å². The Labute approximate surface area is 67.7 Å². The highest BCUT2D eigenvalue weighted by atomic mass is 16.5. The molecule has 1 fully saturated rings. The molecule has 0 aromatic rings. The minimum atomic E-state index is 0.220. The van der Waals surface area contributed by atoms with E-state index in [0.717, 1.165) is 19.6 Å². The van der Waals surface area contributed by atoms with Crippen molar-refractivity contribution in [3.8, 4) is 0 Å². The Morgan fingerprint density at radius 3 is 3.09 bits per heavy atom. The van der Waals surface area contributed by atoms with Gasteiger partial charge in [0.15, 0.2) is 0 Å². The van der Waals surface area contributed by atoms with Crippen molar-refractivity contribution in [2.75, 3.05) is 26.4 Å². The second-order valence-electron chi connectivity index (χ2n) is 3.09. The van der Waals surface area contributed by atoms with E-state index >= 15 is 0 Å². The van der Waals surface area contributed by atoms with E-state index in [2.05, 4.69) is 12.2 Å². The average molecular weight is 159 g/mol. The summed E-state index contributed by atoms with van der Waals surface area (Å²) in [7, 11) is 0. The molecule has 1 aliphatic rings. The first-order valence-corrected chi connectivity index (χ1v) is 4.26. The Bertz CT molecular complexity index is 102. The Morgan fingerprint density at radius 2 is 2.55 bits per heavy atom. The molecule has 0 aliphatic carbocycles. The molecule has 0 bridgehead atoms. The third-order valence-corrected chi connectivity index (χ3v) is 2.25. The van der Waals surface area contributed by atoms with Gasteiger partial charge in [0.1, 0.15) is 0 Å². The molecule has 3 heteroatoms. The van der Waals surface area contributed by atoms with Gasteiger partial charge in [-0.25, -0.2) is 0 Å². The standard InChI is InChI=1S/C8H17NO2/c1-7(9-3-4-10)8-2-5-11-6-8/h7-10H,2-6H2,1H3. The van der Waals surface area contributed by atoms with E-state index in [0.29, 0.717) is 18.5 Å². The van der Waals surface area contributed by atoms with Crippen LogP contribution in [0.4, 0.5) is 0 Å². The fourth-order valence-electron chi connectivity index (χ4n) is 1.41. The number of nitrogens with one attached hydrogen (secondary N) is 1. The lowest BCUT2D eigenvalue weighted by atomic mass is 10.0. The first kappa shape index (κ1) is 8.97. The minimum Gasteiger partial charge on any atom is -0.395 e. The zero-order valence-corrected chi connectivity index (χ0v) is 7.05. The summed E-state index contributed by atoms with van der Waals surface area (Å²) >= 11 is 0. The van der Waals surface area contributed by atoms with E-state index in [1.54, 1.807) is 0 Å². The Kier molecular flexibility index (Phi) is 3.83. The molecule has 2 atom stereocenters. The number of hydrogen-bond acceptors (Lipinski definition) is 3. The number of rotatable bonds is 4. The molecule has 2 unspecified atom stereocenters. The van der Waals surface area contributed by atoms with Gasteiger partial charge in [-0.3, -0.25) is 0 Å². The maximum Gasteiger partial charge on any atom is 0.0556 e. The van der Waals surface area contributed by atoms with Crippen molar-refractivity contribution in [3.05, 3.63) is 0 Å². The second-order valence-corrected chi connectivity index (χ2v) is 3.09. The summed E-state index contributed by atoms with van der Waals surface area (Å²) in [6.45, 7) is 4.83. The van der Waals surface area contributed by atoms with E-state index in [9.17, 15) is 0 Å². The second kappa shape index (κ2) is 4.70. The van der Waals surface area contributed by atoms with Crippen LogP contribution in [0.3, 0.4) is 0 Å². The number of aliphatic hydroxyl groups excluding tert-OH is 1. The molecule has 0 amide bonds. The summed E-state index contributed by atoms with van der Waals surface area (Å²) in [6.07, 6.45) is 1.15. The van der Waals surface area contributed by atoms with E-state index in [1.807, 2.05) is 0 Å². The van der Waals surface area contributed by atoms with Crippen molar-refractivity contribution in [2.45, 2.75) is 19.4 Å². The molecule has 0 saturated carbocycles. The number of aliphatic hydroxyl groups is 1. The largest absolute Gasteiger partial charge is 0.395 e. The van der Waals surface area contributed by atoms with Crippen molar-refractivity contribution < 1.29 is 9.84 Å². The topological polar surface area (TPSA) is 41.5 Å². The van der Waals surface area contributed by atoms with E-state index in [1.165, 1.54) is 0 Å². The van der Waals surface area contributed by atoms with Crippen LogP contribution in [0.2, 0.25) is 0 Å². The van der Waals surface area contributed by atoms with Crippen molar-refractivity contribution in [1.29, 1.82) is 0 Å². The molecule has 0 aromatic heterocycles. The fraction of sp³-hybridized carbons (Fsp3) is 1.00. The SMILES string of the molecule is CC(NCCO)C1CCOC1. The smallest absolute Gasteiger partial charge is 0.0556 e. The molecule has 1 aliphatic heterocycles. The highest BCUT2D eigenvalue weighted by Gasteiger charge is 2.21. The lowest BCUT2D eigenvalue weighted by molar-refractivity contribution is 0.176. The predicted octanol–water partition coefficient (Wildman–Crippen LogP) is -0.00670. The highest BCUT2D eigenvalue weighted by molar-refractivity contribution is 4.75. The summed E-state index contributed by atoms with van der Waals surface area (Å²) in [5.74, 6) is 0.640. The van der Waals surface area contributed by atoms with Gasteiger partial charge in [0.25, 0.3) is 0 Å². The van der Waals surface area contributed by atoms with Crippen molar-refractivity contribution >= 4 is 0 Å². The van der Waals surface area contributed by atoms with Gasteiger partial charge in [0, 0.05) is 19.2 Å².